The summed E-state index contributed by atoms with van der Waals surface area (Å²) in [6.45, 7) is 6.71. The number of nitrogens with two attached hydrogens (primary N) is 1. The summed E-state index contributed by atoms with van der Waals surface area (Å²) in [6.07, 6.45) is 0. The van der Waals surface area contributed by atoms with Crippen LogP contribution in [0.25, 0.3) is 0 Å². The number of hydrogen-bond donors (Lipinski definition) is 1. The molecule has 2 rings (SSSR count). The van der Waals surface area contributed by atoms with Gasteiger partial charge in [-0.1, -0.05) is 15.9 Å². The molecule has 0 aliphatic carbocycles. The van der Waals surface area contributed by atoms with Crippen molar-refractivity contribution in [2.75, 3.05) is 31.1 Å². The Morgan fingerprint density at radius 2 is 1.89 bits per heavy atom. The number of nitrogens with zero attached hydrogens (tertiary/aromatic N) is 2. The van der Waals surface area contributed by atoms with Gasteiger partial charge in [0.15, 0.2) is 0 Å². The lowest BCUT2D eigenvalue weighted by atomic mass is 10.0. The Hall–Kier alpha value is -0.910. The van der Waals surface area contributed by atoms with Crippen LogP contribution in [0.4, 0.5) is 5.69 Å². The number of piperazine rings is 1. The van der Waals surface area contributed by atoms with Crippen LogP contribution in [0.15, 0.2) is 28.7 Å². The summed E-state index contributed by atoms with van der Waals surface area (Å²) in [6, 6.07) is 7.84. The molecule has 1 aromatic rings. The summed E-state index contributed by atoms with van der Waals surface area (Å²) < 4.78 is 1.02. The van der Waals surface area contributed by atoms with E-state index >= 15 is 0 Å². The fraction of sp³-hybridized carbons (Fsp3) is 0.500. The van der Waals surface area contributed by atoms with E-state index in [0.29, 0.717) is 19.6 Å². The third-order valence-corrected chi connectivity index (χ3v) is 4.24. The van der Waals surface area contributed by atoms with Crippen molar-refractivity contribution in [3.63, 3.8) is 0 Å². The predicted octanol–water partition coefficient (Wildman–Crippen LogP) is 1.83. The first kappa shape index (κ1) is 14.5. The molecule has 0 spiro atoms. The molecular formula is C14H20BrN3O. The van der Waals surface area contributed by atoms with Crippen LogP contribution in [0.5, 0.6) is 0 Å². The lowest BCUT2D eigenvalue weighted by Gasteiger charge is -2.43. The standard InChI is InChI=1S/C14H20BrN3O/c1-14(2,10-16)17-7-8-18(13(19)9-17)12-5-3-11(15)4-6-12/h3-6H,7-10,16H2,1-2H3. The Balaban J connectivity index is 2.09. The SMILES string of the molecule is CC(C)(CN)N1CCN(c2ccc(Br)cc2)C(=O)C1. The maximum Gasteiger partial charge on any atom is 0.241 e. The fourth-order valence-corrected chi connectivity index (χ4v) is 2.48. The molecule has 0 atom stereocenters. The molecule has 1 fully saturated rings. The van der Waals surface area contributed by atoms with Crippen LogP contribution in [0, 0.1) is 0 Å². The van der Waals surface area contributed by atoms with E-state index in [1.54, 1.807) is 0 Å². The van der Waals surface area contributed by atoms with Crippen LogP contribution in [0.2, 0.25) is 0 Å². The number of anilines is 1. The van der Waals surface area contributed by atoms with Gasteiger partial charge in [-0.25, -0.2) is 0 Å². The molecule has 19 heavy (non-hydrogen) atoms. The number of carbonyl (C=O) groups is 1. The summed E-state index contributed by atoms with van der Waals surface area (Å²) >= 11 is 3.40. The molecule has 1 amide bonds. The van der Waals surface area contributed by atoms with Gasteiger partial charge in [0, 0.05) is 35.3 Å². The van der Waals surface area contributed by atoms with Crippen LogP contribution in [-0.4, -0.2) is 42.5 Å². The Bertz CT molecular complexity index is 458. The quantitative estimate of drug-likeness (QED) is 0.922. The van der Waals surface area contributed by atoms with Crippen LogP contribution < -0.4 is 10.6 Å². The monoisotopic (exact) mass is 325 g/mol. The zero-order valence-electron chi connectivity index (χ0n) is 11.4. The van der Waals surface area contributed by atoms with Crippen molar-refractivity contribution in [3.05, 3.63) is 28.7 Å². The maximum atomic E-state index is 12.3. The lowest BCUT2D eigenvalue weighted by Crippen LogP contribution is -2.59. The molecule has 1 heterocycles. The highest BCUT2D eigenvalue weighted by Crippen LogP contribution is 2.23. The molecule has 5 heteroatoms. The summed E-state index contributed by atoms with van der Waals surface area (Å²) in [5, 5.41) is 0. The molecule has 1 aliphatic rings. The summed E-state index contributed by atoms with van der Waals surface area (Å²) in [7, 11) is 0. The molecule has 1 aliphatic heterocycles. The van der Waals surface area contributed by atoms with Crippen LogP contribution >= 0.6 is 15.9 Å². The van der Waals surface area contributed by atoms with Crippen LogP contribution in [-0.2, 0) is 4.79 Å². The van der Waals surface area contributed by atoms with Crippen LogP contribution in [0.1, 0.15) is 13.8 Å². The van der Waals surface area contributed by atoms with E-state index < -0.39 is 0 Å². The Labute approximate surface area is 122 Å². The van der Waals surface area contributed by atoms with E-state index in [4.69, 9.17) is 5.73 Å². The average molecular weight is 326 g/mol. The van der Waals surface area contributed by atoms with E-state index in [1.165, 1.54) is 0 Å². The molecule has 4 nitrogen and oxygen atoms in total. The number of rotatable bonds is 3. The third kappa shape index (κ3) is 3.16. The highest BCUT2D eigenvalue weighted by molar-refractivity contribution is 9.10. The van der Waals surface area contributed by atoms with E-state index in [-0.39, 0.29) is 11.4 Å². The molecule has 104 valence electrons. The molecule has 0 saturated carbocycles. The summed E-state index contributed by atoms with van der Waals surface area (Å²) in [4.78, 5) is 16.3. The Kier molecular flexibility index (Phi) is 4.28. The van der Waals surface area contributed by atoms with Crippen molar-refractivity contribution in [1.82, 2.24) is 4.90 Å². The Morgan fingerprint density at radius 3 is 2.42 bits per heavy atom. The van der Waals surface area contributed by atoms with Crippen molar-refractivity contribution < 1.29 is 4.79 Å². The normalized spacial score (nSPS) is 17.9. The number of benzene rings is 1. The van der Waals surface area contributed by atoms with Crippen molar-refractivity contribution in [2.45, 2.75) is 19.4 Å². The zero-order chi connectivity index (χ0) is 14.0. The maximum absolute atomic E-state index is 12.3. The number of hydrogen-bond acceptors (Lipinski definition) is 3. The molecule has 0 aromatic heterocycles. The van der Waals surface area contributed by atoms with Gasteiger partial charge < -0.3 is 10.6 Å². The molecule has 0 radical (unpaired) electrons. The van der Waals surface area contributed by atoms with Gasteiger partial charge in [-0.15, -0.1) is 0 Å². The van der Waals surface area contributed by atoms with Gasteiger partial charge in [0.1, 0.15) is 0 Å². The summed E-state index contributed by atoms with van der Waals surface area (Å²) in [5.41, 5.74) is 6.61. The smallest absolute Gasteiger partial charge is 0.241 e. The number of amides is 1. The average Bonchev–Trinajstić information content (AvgIpc) is 2.40. The fourth-order valence-electron chi connectivity index (χ4n) is 2.21. The predicted molar refractivity (Wildman–Crippen MR) is 81.2 cm³/mol. The summed E-state index contributed by atoms with van der Waals surface area (Å²) in [5.74, 6) is 0.134. The minimum atomic E-state index is -0.124. The van der Waals surface area contributed by atoms with Gasteiger partial charge in [-0.05, 0) is 38.1 Å². The van der Waals surface area contributed by atoms with Crippen molar-refractivity contribution in [2.24, 2.45) is 5.73 Å². The first-order valence-corrected chi connectivity index (χ1v) is 7.24. The molecule has 1 aromatic carbocycles. The second-order valence-electron chi connectivity index (χ2n) is 5.46. The van der Waals surface area contributed by atoms with Gasteiger partial charge in [0.05, 0.1) is 6.54 Å². The number of halogens is 1. The van der Waals surface area contributed by atoms with E-state index in [1.807, 2.05) is 29.2 Å². The molecular weight excluding hydrogens is 306 g/mol. The van der Waals surface area contributed by atoms with Gasteiger partial charge in [0.2, 0.25) is 5.91 Å². The third-order valence-electron chi connectivity index (χ3n) is 3.71. The Morgan fingerprint density at radius 1 is 1.26 bits per heavy atom. The second-order valence-corrected chi connectivity index (χ2v) is 6.38. The minimum absolute atomic E-state index is 0.124. The van der Waals surface area contributed by atoms with Crippen LogP contribution in [0.3, 0.4) is 0 Å². The van der Waals surface area contributed by atoms with Gasteiger partial charge >= 0.3 is 0 Å². The molecule has 0 bridgehead atoms. The van der Waals surface area contributed by atoms with E-state index in [0.717, 1.165) is 16.7 Å². The van der Waals surface area contributed by atoms with Gasteiger partial charge in [0.25, 0.3) is 0 Å². The zero-order valence-corrected chi connectivity index (χ0v) is 13.0. The molecule has 0 unspecified atom stereocenters. The van der Waals surface area contributed by atoms with Crippen molar-refractivity contribution >= 4 is 27.5 Å². The molecule has 2 N–H and O–H groups in total. The van der Waals surface area contributed by atoms with E-state index in [2.05, 4.69) is 34.7 Å². The second kappa shape index (κ2) is 5.61. The highest BCUT2D eigenvalue weighted by atomic mass is 79.9. The highest BCUT2D eigenvalue weighted by Gasteiger charge is 2.33. The number of carbonyl (C=O) groups excluding carboxylic acids is 1. The first-order valence-electron chi connectivity index (χ1n) is 6.45. The van der Waals surface area contributed by atoms with Gasteiger partial charge in [-0.2, -0.15) is 0 Å². The molecule has 1 saturated heterocycles. The van der Waals surface area contributed by atoms with Crippen molar-refractivity contribution in [3.8, 4) is 0 Å². The largest absolute Gasteiger partial charge is 0.329 e. The topological polar surface area (TPSA) is 49.6 Å². The lowest BCUT2D eigenvalue weighted by molar-refractivity contribution is -0.123. The minimum Gasteiger partial charge on any atom is -0.329 e. The van der Waals surface area contributed by atoms with E-state index in [9.17, 15) is 4.79 Å². The van der Waals surface area contributed by atoms with Crippen molar-refractivity contribution in [1.29, 1.82) is 0 Å². The van der Waals surface area contributed by atoms with Gasteiger partial charge in [-0.3, -0.25) is 9.69 Å². The first-order chi connectivity index (χ1) is 8.94.